The summed E-state index contributed by atoms with van der Waals surface area (Å²) in [5.74, 6) is -0.289. The van der Waals surface area contributed by atoms with Crippen LogP contribution in [-0.4, -0.2) is 17.2 Å². The fourth-order valence-electron chi connectivity index (χ4n) is 1.51. The van der Waals surface area contributed by atoms with Gasteiger partial charge in [-0.15, -0.1) is 0 Å². The van der Waals surface area contributed by atoms with E-state index in [-0.39, 0.29) is 11.6 Å². The lowest BCUT2D eigenvalue weighted by Gasteiger charge is -2.04. The van der Waals surface area contributed by atoms with Gasteiger partial charge in [-0.2, -0.15) is 0 Å². The number of aldehydes is 1. The van der Waals surface area contributed by atoms with Gasteiger partial charge < -0.3 is 5.32 Å². The third-order valence-electron chi connectivity index (χ3n) is 2.45. The number of benzene rings is 1. The number of nitrogens with zero attached hydrogens (tertiary/aromatic N) is 1. The molecule has 0 bridgehead atoms. The maximum Gasteiger partial charge on any atom is 0.270 e. The normalized spacial score (nSPS) is 9.78. The molecule has 0 fully saturated rings. The molecule has 1 aromatic carbocycles. The minimum Gasteiger partial charge on any atom is -0.347 e. The Balaban J connectivity index is 2.01. The summed E-state index contributed by atoms with van der Waals surface area (Å²) in [5.41, 5.74) is 1.70. The SMILES string of the molecule is O=Cc1ccnc(C(=O)NCc2ccccc2)c1. The first-order chi connectivity index (χ1) is 8.79. The lowest BCUT2D eigenvalue weighted by molar-refractivity contribution is 0.0946. The van der Waals surface area contributed by atoms with Crippen molar-refractivity contribution in [2.45, 2.75) is 6.54 Å². The minimum atomic E-state index is -0.289. The average molecular weight is 240 g/mol. The van der Waals surface area contributed by atoms with Crippen molar-refractivity contribution in [1.82, 2.24) is 10.3 Å². The summed E-state index contributed by atoms with van der Waals surface area (Å²) in [6.07, 6.45) is 2.14. The van der Waals surface area contributed by atoms with Crippen molar-refractivity contribution in [3.63, 3.8) is 0 Å². The van der Waals surface area contributed by atoms with E-state index < -0.39 is 0 Å². The van der Waals surface area contributed by atoms with Crippen LogP contribution in [0, 0.1) is 0 Å². The monoisotopic (exact) mass is 240 g/mol. The Morgan fingerprint density at radius 1 is 1.22 bits per heavy atom. The second kappa shape index (κ2) is 5.72. The van der Waals surface area contributed by atoms with E-state index in [0.29, 0.717) is 18.4 Å². The summed E-state index contributed by atoms with van der Waals surface area (Å²) >= 11 is 0. The van der Waals surface area contributed by atoms with E-state index in [1.54, 1.807) is 6.07 Å². The van der Waals surface area contributed by atoms with Gasteiger partial charge in [-0.05, 0) is 17.7 Å². The van der Waals surface area contributed by atoms with Crippen LogP contribution >= 0.6 is 0 Å². The number of hydrogen-bond acceptors (Lipinski definition) is 3. The van der Waals surface area contributed by atoms with Gasteiger partial charge in [0, 0.05) is 18.3 Å². The highest BCUT2D eigenvalue weighted by molar-refractivity contribution is 5.93. The van der Waals surface area contributed by atoms with Gasteiger partial charge in [-0.1, -0.05) is 30.3 Å². The molecule has 0 spiro atoms. The fraction of sp³-hybridized carbons (Fsp3) is 0.0714. The highest BCUT2D eigenvalue weighted by Crippen LogP contribution is 2.01. The van der Waals surface area contributed by atoms with E-state index >= 15 is 0 Å². The maximum atomic E-state index is 11.8. The molecule has 90 valence electrons. The molecular formula is C14H12N2O2. The first kappa shape index (κ1) is 12.0. The summed E-state index contributed by atoms with van der Waals surface area (Å²) in [5, 5.41) is 2.75. The summed E-state index contributed by atoms with van der Waals surface area (Å²) in [4.78, 5) is 26.3. The van der Waals surface area contributed by atoms with Crippen LogP contribution in [0.5, 0.6) is 0 Å². The van der Waals surface area contributed by atoms with Crippen LogP contribution in [0.2, 0.25) is 0 Å². The van der Waals surface area contributed by atoms with Gasteiger partial charge in [-0.25, -0.2) is 0 Å². The molecule has 0 saturated carbocycles. The largest absolute Gasteiger partial charge is 0.347 e. The molecule has 0 atom stereocenters. The Morgan fingerprint density at radius 3 is 2.72 bits per heavy atom. The predicted molar refractivity (Wildman–Crippen MR) is 67.2 cm³/mol. The van der Waals surface area contributed by atoms with Crippen molar-refractivity contribution in [3.05, 3.63) is 65.5 Å². The van der Waals surface area contributed by atoms with Crippen molar-refractivity contribution >= 4 is 12.2 Å². The third-order valence-corrected chi connectivity index (χ3v) is 2.45. The number of nitrogens with one attached hydrogen (secondary N) is 1. The zero-order valence-electron chi connectivity index (χ0n) is 9.67. The Kier molecular flexibility index (Phi) is 3.81. The second-order valence-corrected chi connectivity index (χ2v) is 3.76. The Morgan fingerprint density at radius 2 is 2.00 bits per heavy atom. The predicted octanol–water partition coefficient (Wildman–Crippen LogP) is 1.82. The second-order valence-electron chi connectivity index (χ2n) is 3.76. The molecule has 1 aromatic heterocycles. The van der Waals surface area contributed by atoms with Gasteiger partial charge in [-0.3, -0.25) is 14.6 Å². The van der Waals surface area contributed by atoms with Gasteiger partial charge in [0.1, 0.15) is 12.0 Å². The number of hydrogen-bond donors (Lipinski definition) is 1. The van der Waals surface area contributed by atoms with E-state index in [2.05, 4.69) is 10.3 Å². The van der Waals surface area contributed by atoms with Crippen LogP contribution in [0.3, 0.4) is 0 Å². The van der Waals surface area contributed by atoms with Crippen LogP contribution in [0.15, 0.2) is 48.7 Å². The van der Waals surface area contributed by atoms with E-state index in [9.17, 15) is 9.59 Å². The van der Waals surface area contributed by atoms with Crippen molar-refractivity contribution in [2.75, 3.05) is 0 Å². The summed E-state index contributed by atoms with van der Waals surface area (Å²) in [7, 11) is 0. The Labute approximate surface area is 105 Å². The van der Waals surface area contributed by atoms with E-state index in [4.69, 9.17) is 0 Å². The Hall–Kier alpha value is -2.49. The molecule has 0 saturated heterocycles. The summed E-state index contributed by atoms with van der Waals surface area (Å²) < 4.78 is 0. The molecule has 0 aliphatic heterocycles. The molecule has 0 aliphatic carbocycles. The Bertz CT molecular complexity index is 553. The number of pyridine rings is 1. The lowest BCUT2D eigenvalue weighted by Crippen LogP contribution is -2.23. The van der Waals surface area contributed by atoms with Gasteiger partial charge >= 0.3 is 0 Å². The fourth-order valence-corrected chi connectivity index (χ4v) is 1.51. The van der Waals surface area contributed by atoms with Crippen LogP contribution < -0.4 is 5.32 Å². The summed E-state index contributed by atoms with van der Waals surface area (Å²) in [6, 6.07) is 12.6. The quantitative estimate of drug-likeness (QED) is 0.829. The van der Waals surface area contributed by atoms with Gasteiger partial charge in [0.15, 0.2) is 0 Å². The molecule has 4 heteroatoms. The van der Waals surface area contributed by atoms with Gasteiger partial charge in [0.2, 0.25) is 0 Å². The zero-order valence-corrected chi connectivity index (χ0v) is 9.67. The number of rotatable bonds is 4. The van der Waals surface area contributed by atoms with E-state index in [0.717, 1.165) is 5.56 Å². The standard InChI is InChI=1S/C14H12N2O2/c17-10-12-6-7-15-13(8-12)14(18)16-9-11-4-2-1-3-5-11/h1-8,10H,9H2,(H,16,18). The van der Waals surface area contributed by atoms with Crippen LogP contribution in [-0.2, 0) is 6.54 Å². The number of carbonyl (C=O) groups is 2. The van der Waals surface area contributed by atoms with Crippen LogP contribution in [0.25, 0.3) is 0 Å². The molecule has 2 rings (SSSR count). The third kappa shape index (κ3) is 3.01. The van der Waals surface area contributed by atoms with E-state index in [1.807, 2.05) is 30.3 Å². The number of carbonyl (C=O) groups excluding carboxylic acids is 2. The summed E-state index contributed by atoms with van der Waals surface area (Å²) in [6.45, 7) is 0.437. The van der Waals surface area contributed by atoms with Crippen LogP contribution in [0.1, 0.15) is 26.4 Å². The van der Waals surface area contributed by atoms with Gasteiger partial charge in [0.25, 0.3) is 5.91 Å². The molecule has 0 aliphatic rings. The molecule has 2 aromatic rings. The zero-order chi connectivity index (χ0) is 12.8. The molecule has 4 nitrogen and oxygen atoms in total. The molecule has 1 amide bonds. The molecule has 1 heterocycles. The molecule has 1 N–H and O–H groups in total. The molecule has 0 unspecified atom stereocenters. The number of amides is 1. The maximum absolute atomic E-state index is 11.8. The van der Waals surface area contributed by atoms with Crippen LogP contribution in [0.4, 0.5) is 0 Å². The first-order valence-electron chi connectivity index (χ1n) is 5.53. The number of aromatic nitrogens is 1. The highest BCUT2D eigenvalue weighted by Gasteiger charge is 2.07. The van der Waals surface area contributed by atoms with Crippen molar-refractivity contribution in [2.24, 2.45) is 0 Å². The first-order valence-corrected chi connectivity index (χ1v) is 5.53. The lowest BCUT2D eigenvalue weighted by atomic mass is 10.2. The van der Waals surface area contributed by atoms with E-state index in [1.165, 1.54) is 12.3 Å². The molecular weight excluding hydrogens is 228 g/mol. The topological polar surface area (TPSA) is 59.1 Å². The van der Waals surface area contributed by atoms with Gasteiger partial charge in [0.05, 0.1) is 0 Å². The van der Waals surface area contributed by atoms with Crippen molar-refractivity contribution in [3.8, 4) is 0 Å². The highest BCUT2D eigenvalue weighted by atomic mass is 16.1. The van der Waals surface area contributed by atoms with Crippen molar-refractivity contribution < 1.29 is 9.59 Å². The van der Waals surface area contributed by atoms with Crippen molar-refractivity contribution in [1.29, 1.82) is 0 Å². The smallest absolute Gasteiger partial charge is 0.270 e. The molecule has 18 heavy (non-hydrogen) atoms. The molecule has 0 radical (unpaired) electrons. The average Bonchev–Trinajstić information content (AvgIpc) is 2.46. The minimum absolute atomic E-state index is 0.246.